The average Bonchev–Trinajstić information content (AvgIpc) is 2.42. The van der Waals surface area contributed by atoms with Crippen LogP contribution in [0.1, 0.15) is 18.0 Å². The molecule has 1 aliphatic heterocycles. The fraction of sp³-hybridized carbons (Fsp3) is 0.538. The fourth-order valence-electron chi connectivity index (χ4n) is 2.43. The molecular weight excluding hydrogens is 296 g/mol. The van der Waals surface area contributed by atoms with E-state index in [4.69, 9.17) is 0 Å². The summed E-state index contributed by atoms with van der Waals surface area (Å²) >= 11 is 0. The van der Waals surface area contributed by atoms with E-state index >= 15 is 0 Å². The smallest absolute Gasteiger partial charge is 0.161 e. The van der Waals surface area contributed by atoms with E-state index in [1.54, 1.807) is 0 Å². The van der Waals surface area contributed by atoms with Crippen LogP contribution in [0.4, 0.5) is 17.6 Å². The van der Waals surface area contributed by atoms with Crippen LogP contribution in [-0.2, 0) is 0 Å². The molecule has 0 unspecified atom stereocenters. The van der Waals surface area contributed by atoms with Crippen molar-refractivity contribution in [2.75, 3.05) is 32.9 Å². The SMILES string of the molecule is Cl.FCC[C@H](c1cc(F)c(F)cc1F)N1CCNCC1. The van der Waals surface area contributed by atoms with E-state index in [-0.39, 0.29) is 24.4 Å². The van der Waals surface area contributed by atoms with E-state index < -0.39 is 30.2 Å². The van der Waals surface area contributed by atoms with Crippen molar-refractivity contribution in [2.45, 2.75) is 12.5 Å². The Hall–Kier alpha value is -0.850. The number of hydrogen-bond donors (Lipinski definition) is 1. The molecule has 0 amide bonds. The Kier molecular flexibility index (Phi) is 6.71. The van der Waals surface area contributed by atoms with Gasteiger partial charge in [-0.15, -0.1) is 12.4 Å². The second-order valence-electron chi connectivity index (χ2n) is 4.57. The molecule has 0 bridgehead atoms. The number of alkyl halides is 1. The van der Waals surface area contributed by atoms with Crippen molar-refractivity contribution in [3.05, 3.63) is 35.1 Å². The maximum Gasteiger partial charge on any atom is 0.161 e. The molecule has 0 saturated carbocycles. The highest BCUT2D eigenvalue weighted by Gasteiger charge is 2.25. The van der Waals surface area contributed by atoms with E-state index in [1.807, 2.05) is 4.90 Å². The van der Waals surface area contributed by atoms with Gasteiger partial charge in [-0.1, -0.05) is 0 Å². The van der Waals surface area contributed by atoms with Crippen LogP contribution in [0.15, 0.2) is 12.1 Å². The number of nitrogens with zero attached hydrogens (tertiary/aromatic N) is 1. The van der Waals surface area contributed by atoms with Crippen LogP contribution in [0.5, 0.6) is 0 Å². The largest absolute Gasteiger partial charge is 0.314 e. The average molecular weight is 313 g/mol. The van der Waals surface area contributed by atoms with Crippen LogP contribution in [0, 0.1) is 17.5 Å². The van der Waals surface area contributed by atoms with E-state index in [0.29, 0.717) is 32.2 Å². The van der Waals surface area contributed by atoms with Gasteiger partial charge in [0.2, 0.25) is 0 Å². The first-order valence-corrected chi connectivity index (χ1v) is 6.28. The molecule has 114 valence electrons. The highest BCUT2D eigenvalue weighted by Crippen LogP contribution is 2.28. The zero-order chi connectivity index (χ0) is 13.8. The minimum Gasteiger partial charge on any atom is -0.314 e. The van der Waals surface area contributed by atoms with Crippen LogP contribution in [0.25, 0.3) is 0 Å². The minimum atomic E-state index is -1.22. The Bertz CT molecular complexity index is 439. The molecule has 1 atom stereocenters. The number of nitrogens with one attached hydrogen (secondary N) is 1. The van der Waals surface area contributed by atoms with E-state index in [1.165, 1.54) is 0 Å². The Morgan fingerprint density at radius 2 is 1.65 bits per heavy atom. The number of piperazine rings is 1. The van der Waals surface area contributed by atoms with Crippen LogP contribution < -0.4 is 5.32 Å². The van der Waals surface area contributed by atoms with Gasteiger partial charge in [0, 0.05) is 43.9 Å². The number of benzene rings is 1. The van der Waals surface area contributed by atoms with Crippen molar-refractivity contribution in [2.24, 2.45) is 0 Å². The topological polar surface area (TPSA) is 15.3 Å². The van der Waals surface area contributed by atoms with Gasteiger partial charge in [0.05, 0.1) is 6.67 Å². The lowest BCUT2D eigenvalue weighted by Gasteiger charge is -2.35. The quantitative estimate of drug-likeness (QED) is 0.679. The van der Waals surface area contributed by atoms with Crippen LogP contribution in [0.3, 0.4) is 0 Å². The lowest BCUT2D eigenvalue weighted by molar-refractivity contribution is 0.154. The molecule has 1 N–H and O–H groups in total. The third-order valence-electron chi connectivity index (χ3n) is 3.37. The number of rotatable bonds is 4. The number of halogens is 5. The summed E-state index contributed by atoms with van der Waals surface area (Å²) in [6.07, 6.45) is 0.0714. The summed E-state index contributed by atoms with van der Waals surface area (Å²) < 4.78 is 52.6. The molecule has 1 aliphatic rings. The molecule has 1 heterocycles. The summed E-state index contributed by atoms with van der Waals surface area (Å²) in [6.45, 7) is 2.06. The van der Waals surface area contributed by atoms with Gasteiger partial charge in [0.1, 0.15) is 5.82 Å². The second-order valence-corrected chi connectivity index (χ2v) is 4.57. The monoisotopic (exact) mass is 312 g/mol. The molecule has 20 heavy (non-hydrogen) atoms. The summed E-state index contributed by atoms with van der Waals surface area (Å²) in [4.78, 5) is 1.89. The van der Waals surface area contributed by atoms with Gasteiger partial charge in [-0.3, -0.25) is 9.29 Å². The molecule has 0 radical (unpaired) electrons. The predicted molar refractivity (Wildman–Crippen MR) is 71.3 cm³/mol. The third-order valence-corrected chi connectivity index (χ3v) is 3.37. The lowest BCUT2D eigenvalue weighted by atomic mass is 10.0. The van der Waals surface area contributed by atoms with Crippen LogP contribution in [0.2, 0.25) is 0 Å². The minimum absolute atomic E-state index is 0. The lowest BCUT2D eigenvalue weighted by Crippen LogP contribution is -2.45. The Morgan fingerprint density at radius 1 is 1.05 bits per heavy atom. The van der Waals surface area contributed by atoms with Gasteiger partial charge < -0.3 is 5.32 Å². The molecule has 0 aromatic heterocycles. The predicted octanol–water partition coefficient (Wildman–Crippen LogP) is 2.83. The normalized spacial score (nSPS) is 17.6. The molecule has 2 rings (SSSR count). The van der Waals surface area contributed by atoms with Crippen LogP contribution in [-0.4, -0.2) is 37.8 Å². The van der Waals surface area contributed by atoms with Crippen molar-refractivity contribution >= 4 is 12.4 Å². The van der Waals surface area contributed by atoms with Crippen molar-refractivity contribution in [1.82, 2.24) is 10.2 Å². The van der Waals surface area contributed by atoms with Crippen molar-refractivity contribution < 1.29 is 17.6 Å². The van der Waals surface area contributed by atoms with Crippen LogP contribution >= 0.6 is 12.4 Å². The third kappa shape index (κ3) is 3.84. The zero-order valence-corrected chi connectivity index (χ0v) is 11.7. The van der Waals surface area contributed by atoms with E-state index in [2.05, 4.69) is 5.32 Å². The first-order valence-electron chi connectivity index (χ1n) is 6.28. The molecule has 7 heteroatoms. The van der Waals surface area contributed by atoms with E-state index in [0.717, 1.165) is 6.07 Å². The Morgan fingerprint density at radius 3 is 2.25 bits per heavy atom. The van der Waals surface area contributed by atoms with Gasteiger partial charge in [0.25, 0.3) is 0 Å². The first-order chi connectivity index (χ1) is 9.13. The standard InChI is InChI=1S/C13H16F4N2.ClH/c14-2-1-13(19-5-3-18-4-6-19)9-7-11(16)12(17)8-10(9)15;/h7-8,13,18H,1-6H2;1H/t13-;/m1./s1. The molecule has 1 saturated heterocycles. The van der Waals surface area contributed by atoms with Gasteiger partial charge in [-0.05, 0) is 12.5 Å². The summed E-state index contributed by atoms with van der Waals surface area (Å²) in [5, 5.41) is 3.14. The Labute approximate surface area is 121 Å². The second kappa shape index (κ2) is 7.81. The molecule has 2 nitrogen and oxygen atoms in total. The van der Waals surface area contributed by atoms with Crippen molar-refractivity contribution in [1.29, 1.82) is 0 Å². The summed E-state index contributed by atoms with van der Waals surface area (Å²) in [5.74, 6) is -3.15. The molecule has 0 spiro atoms. The molecule has 1 fully saturated rings. The zero-order valence-electron chi connectivity index (χ0n) is 10.8. The first kappa shape index (κ1) is 17.2. The van der Waals surface area contributed by atoms with Crippen molar-refractivity contribution in [3.8, 4) is 0 Å². The summed E-state index contributed by atoms with van der Waals surface area (Å²) in [5.41, 5.74) is 0.0263. The molecule has 0 aliphatic carbocycles. The highest BCUT2D eigenvalue weighted by atomic mass is 35.5. The summed E-state index contributed by atoms with van der Waals surface area (Å²) in [7, 11) is 0. The molecule has 1 aromatic rings. The van der Waals surface area contributed by atoms with Gasteiger partial charge in [-0.2, -0.15) is 0 Å². The molecular formula is C13H17ClF4N2. The summed E-state index contributed by atoms with van der Waals surface area (Å²) in [6, 6.07) is 0.813. The number of hydrogen-bond acceptors (Lipinski definition) is 2. The van der Waals surface area contributed by atoms with Gasteiger partial charge in [-0.25, -0.2) is 13.2 Å². The maximum atomic E-state index is 13.8. The van der Waals surface area contributed by atoms with Crippen molar-refractivity contribution in [3.63, 3.8) is 0 Å². The van der Waals surface area contributed by atoms with E-state index in [9.17, 15) is 17.6 Å². The highest BCUT2D eigenvalue weighted by molar-refractivity contribution is 5.85. The molecule has 1 aromatic carbocycles. The van der Waals surface area contributed by atoms with Gasteiger partial charge in [0.15, 0.2) is 11.6 Å². The Balaban J connectivity index is 0.00000200. The van der Waals surface area contributed by atoms with Gasteiger partial charge >= 0.3 is 0 Å². The fourth-order valence-corrected chi connectivity index (χ4v) is 2.43. The maximum absolute atomic E-state index is 13.8.